The maximum Gasteiger partial charge on any atom is 0.271 e. The van der Waals surface area contributed by atoms with Crippen molar-refractivity contribution in [2.24, 2.45) is 0 Å². The Kier molecular flexibility index (Phi) is 4.81. The van der Waals surface area contributed by atoms with Crippen molar-refractivity contribution in [3.05, 3.63) is 46.2 Å². The first-order chi connectivity index (χ1) is 11.2. The van der Waals surface area contributed by atoms with Crippen molar-refractivity contribution in [1.29, 1.82) is 0 Å². The number of benzene rings is 1. The van der Waals surface area contributed by atoms with Gasteiger partial charge in [0.05, 0.1) is 4.92 Å². The lowest BCUT2D eigenvalue weighted by molar-refractivity contribution is -0.385. The zero-order chi connectivity index (χ0) is 16.2. The van der Waals surface area contributed by atoms with E-state index in [1.165, 1.54) is 25.3 Å². The van der Waals surface area contributed by atoms with Crippen molar-refractivity contribution in [1.82, 2.24) is 0 Å². The van der Waals surface area contributed by atoms with E-state index < -0.39 is 4.92 Å². The van der Waals surface area contributed by atoms with Gasteiger partial charge in [0.15, 0.2) is 12.0 Å². The summed E-state index contributed by atoms with van der Waals surface area (Å²) >= 11 is 1.70. The van der Waals surface area contributed by atoms with Crippen LogP contribution < -0.4 is 0 Å². The highest BCUT2D eigenvalue weighted by Gasteiger charge is 2.18. The number of thioether (sulfide) groups is 1. The number of aldehydes is 1. The van der Waals surface area contributed by atoms with E-state index in [1.807, 2.05) is 6.07 Å². The molecule has 5 nitrogen and oxygen atoms in total. The fourth-order valence-electron chi connectivity index (χ4n) is 2.85. The lowest BCUT2D eigenvalue weighted by Gasteiger charge is -2.21. The van der Waals surface area contributed by atoms with Crippen LogP contribution in [0.5, 0.6) is 0 Å². The van der Waals surface area contributed by atoms with Crippen molar-refractivity contribution in [2.45, 2.75) is 42.2 Å². The molecule has 0 spiro atoms. The molecule has 120 valence electrons. The maximum atomic E-state index is 11.2. The zero-order valence-electron chi connectivity index (χ0n) is 12.6. The molecule has 0 amide bonds. The van der Waals surface area contributed by atoms with Gasteiger partial charge in [-0.3, -0.25) is 14.9 Å². The van der Waals surface area contributed by atoms with Crippen LogP contribution in [-0.4, -0.2) is 16.5 Å². The summed E-state index contributed by atoms with van der Waals surface area (Å²) in [7, 11) is 0. The van der Waals surface area contributed by atoms with Gasteiger partial charge in [0.25, 0.3) is 5.69 Å². The third kappa shape index (κ3) is 3.82. The number of nitrogens with zero attached hydrogens (tertiary/aromatic N) is 1. The fourth-order valence-corrected chi connectivity index (χ4v) is 4.18. The SMILES string of the molecule is O=Cc1ccc(-c2cc(SC3CCCCC3)cc([N+](=O)[O-])c2)o1. The Bertz CT molecular complexity index is 719. The molecule has 0 radical (unpaired) electrons. The van der Waals surface area contributed by atoms with Crippen molar-refractivity contribution in [2.75, 3.05) is 0 Å². The molecule has 1 aromatic carbocycles. The number of non-ortho nitro benzene ring substituents is 1. The zero-order valence-corrected chi connectivity index (χ0v) is 13.4. The molecule has 1 saturated carbocycles. The van der Waals surface area contributed by atoms with Crippen LogP contribution in [0.2, 0.25) is 0 Å². The second kappa shape index (κ2) is 7.00. The quantitative estimate of drug-likeness (QED) is 0.433. The first-order valence-electron chi connectivity index (χ1n) is 7.67. The van der Waals surface area contributed by atoms with Gasteiger partial charge in [0.2, 0.25) is 0 Å². The molecule has 2 aromatic rings. The molecule has 3 rings (SSSR count). The third-order valence-electron chi connectivity index (χ3n) is 3.98. The first kappa shape index (κ1) is 15.8. The van der Waals surface area contributed by atoms with Gasteiger partial charge in [-0.25, -0.2) is 0 Å². The van der Waals surface area contributed by atoms with E-state index in [2.05, 4.69) is 0 Å². The van der Waals surface area contributed by atoms with Crippen molar-refractivity contribution < 1.29 is 14.1 Å². The highest BCUT2D eigenvalue weighted by atomic mass is 32.2. The van der Waals surface area contributed by atoms with Crippen molar-refractivity contribution in [3.63, 3.8) is 0 Å². The number of carbonyl (C=O) groups excluding carboxylic acids is 1. The second-order valence-electron chi connectivity index (χ2n) is 5.67. The number of nitro benzene ring substituents is 1. The van der Waals surface area contributed by atoms with Gasteiger partial charge in [0, 0.05) is 27.8 Å². The van der Waals surface area contributed by atoms with Crippen LogP contribution in [-0.2, 0) is 0 Å². The maximum absolute atomic E-state index is 11.2. The number of hydrogen-bond donors (Lipinski definition) is 0. The summed E-state index contributed by atoms with van der Waals surface area (Å²) in [6, 6.07) is 8.23. The van der Waals surface area contributed by atoms with Gasteiger partial charge in [-0.05, 0) is 31.0 Å². The van der Waals surface area contributed by atoms with Crippen LogP contribution in [0.15, 0.2) is 39.6 Å². The Morgan fingerprint density at radius 1 is 1.17 bits per heavy atom. The summed E-state index contributed by atoms with van der Waals surface area (Å²) in [5.74, 6) is 0.689. The van der Waals surface area contributed by atoms with Gasteiger partial charge in [-0.15, -0.1) is 11.8 Å². The van der Waals surface area contributed by atoms with Crippen LogP contribution >= 0.6 is 11.8 Å². The van der Waals surface area contributed by atoms with Gasteiger partial charge in [-0.2, -0.15) is 0 Å². The van der Waals surface area contributed by atoms with E-state index >= 15 is 0 Å². The van der Waals surface area contributed by atoms with Gasteiger partial charge in [-0.1, -0.05) is 19.3 Å². The molecule has 0 saturated heterocycles. The predicted molar refractivity (Wildman–Crippen MR) is 88.9 cm³/mol. The van der Waals surface area contributed by atoms with E-state index in [-0.39, 0.29) is 11.4 Å². The molecule has 0 aliphatic heterocycles. The molecular formula is C17H17NO4S. The van der Waals surface area contributed by atoms with Crippen molar-refractivity contribution >= 4 is 23.7 Å². The molecule has 0 bridgehead atoms. The summed E-state index contributed by atoms with van der Waals surface area (Å²) in [6.45, 7) is 0. The molecule has 1 aliphatic rings. The normalized spacial score (nSPS) is 15.5. The topological polar surface area (TPSA) is 73.3 Å². The molecule has 1 aromatic heterocycles. The number of rotatable bonds is 5. The van der Waals surface area contributed by atoms with Crippen LogP contribution in [0.1, 0.15) is 42.7 Å². The Morgan fingerprint density at radius 3 is 2.61 bits per heavy atom. The Balaban J connectivity index is 1.92. The fraction of sp³-hybridized carbons (Fsp3) is 0.353. The van der Waals surface area contributed by atoms with E-state index in [9.17, 15) is 14.9 Å². The third-order valence-corrected chi connectivity index (χ3v) is 5.30. The number of carbonyl (C=O) groups is 1. The molecule has 23 heavy (non-hydrogen) atoms. The van der Waals surface area contributed by atoms with E-state index in [1.54, 1.807) is 30.0 Å². The summed E-state index contributed by atoms with van der Waals surface area (Å²) in [5.41, 5.74) is 0.676. The van der Waals surface area contributed by atoms with E-state index in [0.29, 0.717) is 22.9 Å². The van der Waals surface area contributed by atoms with Crippen LogP contribution in [0.3, 0.4) is 0 Å². The minimum absolute atomic E-state index is 0.0462. The van der Waals surface area contributed by atoms with Crippen LogP contribution in [0.25, 0.3) is 11.3 Å². The molecule has 0 N–H and O–H groups in total. The van der Waals surface area contributed by atoms with Crippen LogP contribution in [0, 0.1) is 10.1 Å². The highest BCUT2D eigenvalue weighted by molar-refractivity contribution is 8.00. The Morgan fingerprint density at radius 2 is 1.96 bits per heavy atom. The molecule has 0 atom stereocenters. The minimum Gasteiger partial charge on any atom is -0.453 e. The van der Waals surface area contributed by atoms with Gasteiger partial charge in [0.1, 0.15) is 5.76 Å². The second-order valence-corrected chi connectivity index (χ2v) is 7.04. The smallest absolute Gasteiger partial charge is 0.271 e. The standard InChI is InChI=1S/C17H17NO4S/c19-11-14-6-7-17(22-14)12-8-13(18(20)21)10-16(9-12)23-15-4-2-1-3-5-15/h6-11,15H,1-5H2. The largest absolute Gasteiger partial charge is 0.453 e. The first-order valence-corrected chi connectivity index (χ1v) is 8.55. The molecule has 1 aliphatic carbocycles. The molecule has 0 unspecified atom stereocenters. The van der Waals surface area contributed by atoms with Crippen LogP contribution in [0.4, 0.5) is 5.69 Å². The molecule has 1 fully saturated rings. The average Bonchev–Trinajstić information content (AvgIpc) is 3.04. The van der Waals surface area contributed by atoms with Crippen molar-refractivity contribution in [3.8, 4) is 11.3 Å². The summed E-state index contributed by atoms with van der Waals surface area (Å²) < 4.78 is 5.40. The number of furan rings is 1. The van der Waals surface area contributed by atoms with E-state index in [0.717, 1.165) is 17.7 Å². The molecule has 1 heterocycles. The summed E-state index contributed by atoms with van der Waals surface area (Å²) in [5, 5.41) is 11.7. The average molecular weight is 331 g/mol. The lowest BCUT2D eigenvalue weighted by atomic mass is 10.0. The molecule has 6 heteroatoms. The Hall–Kier alpha value is -2.08. The van der Waals surface area contributed by atoms with Gasteiger partial charge >= 0.3 is 0 Å². The van der Waals surface area contributed by atoms with Gasteiger partial charge < -0.3 is 4.42 Å². The number of hydrogen-bond acceptors (Lipinski definition) is 5. The number of nitro groups is 1. The monoisotopic (exact) mass is 331 g/mol. The Labute approximate surface area is 138 Å². The summed E-state index contributed by atoms with van der Waals surface area (Å²) in [4.78, 5) is 22.4. The van der Waals surface area contributed by atoms with E-state index in [4.69, 9.17) is 4.42 Å². The lowest BCUT2D eigenvalue weighted by Crippen LogP contribution is -2.07. The minimum atomic E-state index is -0.391. The highest BCUT2D eigenvalue weighted by Crippen LogP contribution is 2.37. The predicted octanol–water partition coefficient (Wildman–Crippen LogP) is 5.09. The molecular weight excluding hydrogens is 314 g/mol. The summed E-state index contributed by atoms with van der Waals surface area (Å²) in [6.07, 6.45) is 6.65.